The molecular weight excluding hydrogens is 479 g/mol. The van der Waals surface area contributed by atoms with Gasteiger partial charge < -0.3 is 13.6 Å². The van der Waals surface area contributed by atoms with E-state index in [4.69, 9.17) is 13.6 Å². The molecule has 0 amide bonds. The first-order valence-corrected chi connectivity index (χ1v) is 10.4. The highest BCUT2D eigenvalue weighted by molar-refractivity contribution is 9.10. The van der Waals surface area contributed by atoms with Crippen molar-refractivity contribution in [1.82, 2.24) is 0 Å². The van der Waals surface area contributed by atoms with Crippen molar-refractivity contribution < 1.29 is 18.0 Å². The van der Waals surface area contributed by atoms with Gasteiger partial charge in [-0.2, -0.15) is 0 Å². The van der Waals surface area contributed by atoms with Crippen LogP contribution in [0.5, 0.6) is 5.75 Å². The lowest BCUT2D eigenvalue weighted by Gasteiger charge is -2.09. The molecule has 158 valence electrons. The van der Waals surface area contributed by atoms with Crippen molar-refractivity contribution in [1.29, 1.82) is 0 Å². The summed E-state index contributed by atoms with van der Waals surface area (Å²) in [6.07, 6.45) is 0. The third-order valence-electron chi connectivity index (χ3n) is 4.99. The van der Waals surface area contributed by atoms with Crippen LogP contribution >= 0.6 is 15.9 Å². The van der Waals surface area contributed by atoms with Crippen molar-refractivity contribution in [2.45, 2.75) is 6.61 Å². The van der Waals surface area contributed by atoms with E-state index in [0.29, 0.717) is 33.2 Å². The molecule has 5 nitrogen and oxygen atoms in total. The normalized spacial score (nSPS) is 11.2. The van der Waals surface area contributed by atoms with Crippen LogP contribution in [0.2, 0.25) is 0 Å². The van der Waals surface area contributed by atoms with E-state index in [1.807, 2.05) is 6.07 Å². The molecule has 32 heavy (non-hydrogen) atoms. The Morgan fingerprint density at radius 1 is 0.844 bits per heavy atom. The number of halogens is 2. The summed E-state index contributed by atoms with van der Waals surface area (Å²) in [4.78, 5) is 24.9. The summed E-state index contributed by atoms with van der Waals surface area (Å²) in [7, 11) is 0. The van der Waals surface area contributed by atoms with E-state index in [0.717, 1.165) is 4.47 Å². The second kappa shape index (κ2) is 8.09. The highest BCUT2D eigenvalue weighted by Crippen LogP contribution is 2.30. The molecule has 0 bridgehead atoms. The van der Waals surface area contributed by atoms with Gasteiger partial charge in [-0.1, -0.05) is 28.1 Å². The van der Waals surface area contributed by atoms with Gasteiger partial charge in [-0.15, -0.1) is 0 Å². The minimum atomic E-state index is -0.608. The van der Waals surface area contributed by atoms with Crippen LogP contribution in [0.3, 0.4) is 0 Å². The van der Waals surface area contributed by atoms with Crippen LogP contribution in [0.4, 0.5) is 4.39 Å². The molecule has 5 aromatic rings. The van der Waals surface area contributed by atoms with Gasteiger partial charge in [0.1, 0.15) is 29.3 Å². The van der Waals surface area contributed by atoms with Gasteiger partial charge in [0, 0.05) is 32.9 Å². The third kappa shape index (κ3) is 3.94. The van der Waals surface area contributed by atoms with Crippen molar-refractivity contribution in [2.75, 3.05) is 0 Å². The minimum absolute atomic E-state index is 0.149. The van der Waals surface area contributed by atoms with Crippen LogP contribution in [0.25, 0.3) is 33.1 Å². The van der Waals surface area contributed by atoms with Gasteiger partial charge in [0.05, 0.1) is 5.56 Å². The molecule has 0 unspecified atom stereocenters. The van der Waals surface area contributed by atoms with Crippen LogP contribution in [-0.2, 0) is 6.61 Å². The van der Waals surface area contributed by atoms with Crippen molar-refractivity contribution >= 4 is 37.9 Å². The highest BCUT2D eigenvalue weighted by atomic mass is 79.9. The first-order valence-electron chi connectivity index (χ1n) is 9.65. The monoisotopic (exact) mass is 492 g/mol. The molecule has 2 aromatic heterocycles. The molecule has 3 aromatic carbocycles. The maximum Gasteiger partial charge on any atom is 0.344 e. The Hall–Kier alpha value is -3.71. The maximum absolute atomic E-state index is 13.4. The Labute approximate surface area is 188 Å². The first kappa shape index (κ1) is 20.2. The molecule has 0 N–H and O–H groups in total. The first-order chi connectivity index (χ1) is 15.5. The van der Waals surface area contributed by atoms with Crippen molar-refractivity contribution in [3.8, 4) is 16.9 Å². The second-order valence-corrected chi connectivity index (χ2v) is 8.10. The Morgan fingerprint density at radius 3 is 2.56 bits per heavy atom. The predicted molar refractivity (Wildman–Crippen MR) is 122 cm³/mol. The predicted octanol–water partition coefficient (Wildman–Crippen LogP) is 6.05. The molecule has 0 fully saturated rings. The van der Waals surface area contributed by atoms with Crippen LogP contribution in [0.1, 0.15) is 5.56 Å². The number of hydrogen-bond acceptors (Lipinski definition) is 5. The lowest BCUT2D eigenvalue weighted by molar-refractivity contribution is 0.305. The van der Waals surface area contributed by atoms with Gasteiger partial charge in [-0.3, -0.25) is 0 Å². The number of ether oxygens (including phenoxy) is 1. The lowest BCUT2D eigenvalue weighted by Crippen LogP contribution is -2.06. The van der Waals surface area contributed by atoms with E-state index in [1.165, 1.54) is 18.2 Å². The second-order valence-electron chi connectivity index (χ2n) is 7.19. The molecule has 0 aliphatic heterocycles. The van der Waals surface area contributed by atoms with E-state index in [9.17, 15) is 14.0 Å². The Morgan fingerprint density at radius 2 is 1.72 bits per heavy atom. The van der Waals surface area contributed by atoms with Crippen LogP contribution < -0.4 is 16.0 Å². The van der Waals surface area contributed by atoms with E-state index in [2.05, 4.69) is 15.9 Å². The van der Waals surface area contributed by atoms with Crippen LogP contribution in [0, 0.1) is 5.82 Å². The lowest BCUT2D eigenvalue weighted by atomic mass is 10.0. The van der Waals surface area contributed by atoms with E-state index < -0.39 is 11.3 Å². The van der Waals surface area contributed by atoms with Gasteiger partial charge >= 0.3 is 11.3 Å². The smallest absolute Gasteiger partial charge is 0.344 e. The highest BCUT2D eigenvalue weighted by Gasteiger charge is 2.14. The molecular formula is C25H14BrFO5. The van der Waals surface area contributed by atoms with E-state index in [-0.39, 0.29) is 23.6 Å². The minimum Gasteiger partial charge on any atom is -0.489 e. The molecule has 7 heteroatoms. The Kier molecular flexibility index (Phi) is 5.11. The van der Waals surface area contributed by atoms with Crippen LogP contribution in [-0.4, -0.2) is 0 Å². The number of fused-ring (bicyclic) bond motifs is 2. The molecule has 5 rings (SSSR count). The zero-order chi connectivity index (χ0) is 22.2. The number of hydrogen-bond donors (Lipinski definition) is 0. The summed E-state index contributed by atoms with van der Waals surface area (Å²) in [6, 6.07) is 19.3. The summed E-state index contributed by atoms with van der Waals surface area (Å²) < 4.78 is 30.7. The maximum atomic E-state index is 13.4. The largest absolute Gasteiger partial charge is 0.489 e. The molecule has 0 aliphatic rings. The van der Waals surface area contributed by atoms with Gasteiger partial charge in [0.25, 0.3) is 0 Å². The fourth-order valence-electron chi connectivity index (χ4n) is 3.53. The summed E-state index contributed by atoms with van der Waals surface area (Å²) in [5, 5.41) is 1.27. The summed E-state index contributed by atoms with van der Waals surface area (Å²) in [5.74, 6) is 0.0954. The van der Waals surface area contributed by atoms with Gasteiger partial charge in [0.2, 0.25) is 0 Å². The Balaban J connectivity index is 1.57. The zero-order valence-corrected chi connectivity index (χ0v) is 18.0. The molecule has 0 saturated heterocycles. The molecule has 0 atom stereocenters. The van der Waals surface area contributed by atoms with Crippen LogP contribution in [0.15, 0.2) is 95.7 Å². The third-order valence-corrected chi connectivity index (χ3v) is 5.49. The van der Waals surface area contributed by atoms with Crippen molar-refractivity contribution in [2.24, 2.45) is 0 Å². The zero-order valence-electron chi connectivity index (χ0n) is 16.4. The molecule has 0 saturated carbocycles. The van der Waals surface area contributed by atoms with Gasteiger partial charge in [-0.25, -0.2) is 14.0 Å². The van der Waals surface area contributed by atoms with Crippen molar-refractivity contribution in [3.63, 3.8) is 0 Å². The quantitative estimate of drug-likeness (QED) is 0.285. The summed E-state index contributed by atoms with van der Waals surface area (Å²) in [6.45, 7) is 0.149. The SMILES string of the molecule is O=c1cc(-c2cc3cc(Br)ccc3oc2=O)c2ccc(OCc3cccc(F)c3)cc2o1. The number of benzene rings is 3. The van der Waals surface area contributed by atoms with E-state index >= 15 is 0 Å². The molecule has 0 aliphatic carbocycles. The van der Waals surface area contributed by atoms with E-state index in [1.54, 1.807) is 48.5 Å². The summed E-state index contributed by atoms with van der Waals surface area (Å²) in [5.41, 5.74) is 0.868. The topological polar surface area (TPSA) is 69.7 Å². The standard InChI is InChI=1S/C25H14BrFO5/c26-16-4-7-22-15(9-16)10-21(25(29)32-22)20-12-24(28)31-23-11-18(5-6-19(20)23)30-13-14-2-1-3-17(27)8-14/h1-12H,13H2. The fourth-order valence-corrected chi connectivity index (χ4v) is 3.91. The summed E-state index contributed by atoms with van der Waals surface area (Å²) >= 11 is 3.41. The van der Waals surface area contributed by atoms with Gasteiger partial charge in [-0.05, 0) is 54.1 Å². The average Bonchev–Trinajstić information content (AvgIpc) is 2.77. The number of rotatable bonds is 4. The molecule has 2 heterocycles. The van der Waals surface area contributed by atoms with Gasteiger partial charge in [0.15, 0.2) is 0 Å². The fraction of sp³-hybridized carbons (Fsp3) is 0.0400. The Bertz CT molecular complexity index is 1600. The average molecular weight is 493 g/mol. The molecule has 0 radical (unpaired) electrons. The molecule has 0 spiro atoms. The van der Waals surface area contributed by atoms with Crippen molar-refractivity contribution in [3.05, 3.63) is 109 Å².